The highest BCUT2D eigenvalue weighted by atomic mass is 28.3. The van der Waals surface area contributed by atoms with Crippen LogP contribution in [0.15, 0.2) is 54.6 Å². The summed E-state index contributed by atoms with van der Waals surface area (Å²) in [5.41, 5.74) is 4.69. The first-order chi connectivity index (χ1) is 9.54. The maximum atomic E-state index is 3.51. The Labute approximate surface area is 121 Å². The molecule has 0 N–H and O–H groups in total. The largest absolute Gasteiger partial charge is 0.129 e. The van der Waals surface area contributed by atoms with Crippen LogP contribution >= 0.6 is 0 Å². The molecule has 0 spiro atoms. The molecule has 0 saturated carbocycles. The lowest BCUT2D eigenvalue weighted by molar-refractivity contribution is 1.73. The SMILES string of the molecule is C[Si](C)(C)C#Cc1c2ccccc2cc2ccccc12. The van der Waals surface area contributed by atoms with Crippen LogP contribution in [0.1, 0.15) is 5.56 Å². The highest BCUT2D eigenvalue weighted by molar-refractivity contribution is 6.83. The van der Waals surface area contributed by atoms with E-state index in [0.717, 1.165) is 0 Å². The van der Waals surface area contributed by atoms with Crippen LogP contribution in [0.4, 0.5) is 0 Å². The van der Waals surface area contributed by atoms with E-state index >= 15 is 0 Å². The predicted molar refractivity (Wildman–Crippen MR) is 91.7 cm³/mol. The van der Waals surface area contributed by atoms with Crippen LogP contribution in [0.25, 0.3) is 21.5 Å². The van der Waals surface area contributed by atoms with Crippen molar-refractivity contribution in [3.05, 3.63) is 60.2 Å². The van der Waals surface area contributed by atoms with E-state index in [9.17, 15) is 0 Å². The fraction of sp³-hybridized carbons (Fsp3) is 0.158. The summed E-state index contributed by atoms with van der Waals surface area (Å²) in [5, 5.41) is 5.06. The molecule has 0 atom stereocenters. The Kier molecular flexibility index (Phi) is 3.12. The van der Waals surface area contributed by atoms with E-state index in [2.05, 4.69) is 85.7 Å². The predicted octanol–water partition coefficient (Wildman–Crippen LogP) is 5.22. The van der Waals surface area contributed by atoms with E-state index in [0.29, 0.717) is 0 Å². The van der Waals surface area contributed by atoms with Gasteiger partial charge in [0.15, 0.2) is 0 Å². The molecule has 0 heterocycles. The second-order valence-electron chi connectivity index (χ2n) is 6.19. The Hall–Kier alpha value is -2.04. The second-order valence-corrected chi connectivity index (χ2v) is 10.9. The van der Waals surface area contributed by atoms with Crippen LogP contribution in [0.2, 0.25) is 19.6 Å². The summed E-state index contributed by atoms with van der Waals surface area (Å²) in [6.07, 6.45) is 0. The van der Waals surface area contributed by atoms with E-state index in [1.165, 1.54) is 27.1 Å². The zero-order valence-electron chi connectivity index (χ0n) is 12.2. The first-order valence-electron chi connectivity index (χ1n) is 6.98. The average Bonchev–Trinajstić information content (AvgIpc) is 2.42. The van der Waals surface area contributed by atoms with Crippen molar-refractivity contribution in [2.45, 2.75) is 19.6 Å². The molecule has 0 saturated heterocycles. The van der Waals surface area contributed by atoms with Crippen LogP contribution in [0.5, 0.6) is 0 Å². The first kappa shape index (κ1) is 13.0. The van der Waals surface area contributed by atoms with Crippen molar-refractivity contribution >= 4 is 29.6 Å². The smallest absolute Gasteiger partial charge is 0.127 e. The van der Waals surface area contributed by atoms with Gasteiger partial charge in [0.25, 0.3) is 0 Å². The van der Waals surface area contributed by atoms with E-state index in [4.69, 9.17) is 0 Å². The molecular formula is C19H18Si. The molecule has 0 fully saturated rings. The van der Waals surface area contributed by atoms with E-state index in [1.807, 2.05) is 0 Å². The molecule has 0 unspecified atom stereocenters. The van der Waals surface area contributed by atoms with Gasteiger partial charge in [-0.15, -0.1) is 5.54 Å². The molecular weight excluding hydrogens is 256 g/mol. The number of rotatable bonds is 0. The van der Waals surface area contributed by atoms with Gasteiger partial charge in [0.2, 0.25) is 0 Å². The van der Waals surface area contributed by atoms with Gasteiger partial charge in [0.05, 0.1) is 0 Å². The van der Waals surface area contributed by atoms with Crippen molar-refractivity contribution in [2.75, 3.05) is 0 Å². The summed E-state index contributed by atoms with van der Waals surface area (Å²) in [4.78, 5) is 0. The second kappa shape index (κ2) is 4.81. The molecule has 0 aliphatic heterocycles. The van der Waals surface area contributed by atoms with Crippen molar-refractivity contribution in [2.24, 2.45) is 0 Å². The topological polar surface area (TPSA) is 0 Å². The van der Waals surface area contributed by atoms with Crippen molar-refractivity contribution in [1.82, 2.24) is 0 Å². The van der Waals surface area contributed by atoms with Crippen LogP contribution in [0, 0.1) is 11.5 Å². The summed E-state index contributed by atoms with van der Waals surface area (Å²) in [6.45, 7) is 6.86. The van der Waals surface area contributed by atoms with Gasteiger partial charge in [-0.2, -0.15) is 0 Å². The molecule has 3 rings (SSSR count). The van der Waals surface area contributed by atoms with Crippen LogP contribution < -0.4 is 0 Å². The van der Waals surface area contributed by atoms with Crippen LogP contribution in [-0.2, 0) is 0 Å². The van der Waals surface area contributed by atoms with Crippen molar-refractivity contribution in [3.63, 3.8) is 0 Å². The summed E-state index contributed by atoms with van der Waals surface area (Å²) >= 11 is 0. The van der Waals surface area contributed by atoms with Gasteiger partial charge in [-0.1, -0.05) is 74.1 Å². The molecule has 0 nitrogen and oxygen atoms in total. The third-order valence-electron chi connectivity index (χ3n) is 3.33. The first-order valence-corrected chi connectivity index (χ1v) is 10.5. The van der Waals surface area contributed by atoms with Gasteiger partial charge in [-0.3, -0.25) is 0 Å². The molecule has 0 bridgehead atoms. The Balaban J connectivity index is 2.41. The van der Waals surface area contributed by atoms with E-state index in [-0.39, 0.29) is 0 Å². The Bertz CT molecular complexity index is 788. The van der Waals surface area contributed by atoms with Crippen LogP contribution in [0.3, 0.4) is 0 Å². The average molecular weight is 274 g/mol. The lowest BCUT2D eigenvalue weighted by Crippen LogP contribution is -2.16. The minimum atomic E-state index is -1.38. The quantitative estimate of drug-likeness (QED) is 0.299. The van der Waals surface area contributed by atoms with Gasteiger partial charge in [0.1, 0.15) is 8.07 Å². The highest BCUT2D eigenvalue weighted by Gasteiger charge is 2.09. The normalized spacial score (nSPS) is 11.3. The van der Waals surface area contributed by atoms with E-state index < -0.39 is 8.07 Å². The molecule has 1 heteroatoms. The maximum absolute atomic E-state index is 3.51. The molecule has 3 aromatic carbocycles. The molecule has 0 aliphatic carbocycles. The third-order valence-corrected chi connectivity index (χ3v) is 4.21. The molecule has 3 aromatic rings. The zero-order chi connectivity index (χ0) is 14.2. The number of hydrogen-bond acceptors (Lipinski definition) is 0. The minimum absolute atomic E-state index is 1.18. The molecule has 20 heavy (non-hydrogen) atoms. The van der Waals surface area contributed by atoms with Crippen molar-refractivity contribution < 1.29 is 0 Å². The molecule has 0 aliphatic rings. The van der Waals surface area contributed by atoms with Gasteiger partial charge >= 0.3 is 0 Å². The van der Waals surface area contributed by atoms with Crippen molar-refractivity contribution in [1.29, 1.82) is 0 Å². The van der Waals surface area contributed by atoms with Crippen molar-refractivity contribution in [3.8, 4) is 11.5 Å². The maximum Gasteiger partial charge on any atom is 0.129 e. The van der Waals surface area contributed by atoms with Crippen LogP contribution in [-0.4, -0.2) is 8.07 Å². The molecule has 0 aromatic heterocycles. The fourth-order valence-corrected chi connectivity index (χ4v) is 2.90. The third kappa shape index (κ3) is 2.48. The minimum Gasteiger partial charge on any atom is -0.127 e. The lowest BCUT2D eigenvalue weighted by atomic mass is 9.97. The van der Waals surface area contributed by atoms with Gasteiger partial charge in [-0.05, 0) is 27.6 Å². The Morgan fingerprint density at radius 1 is 0.750 bits per heavy atom. The fourth-order valence-electron chi connectivity index (χ4n) is 2.40. The van der Waals surface area contributed by atoms with Gasteiger partial charge < -0.3 is 0 Å². The van der Waals surface area contributed by atoms with Gasteiger partial charge in [-0.25, -0.2) is 0 Å². The number of benzene rings is 3. The Morgan fingerprint density at radius 2 is 1.25 bits per heavy atom. The summed E-state index contributed by atoms with van der Waals surface area (Å²) in [5.74, 6) is 3.48. The van der Waals surface area contributed by atoms with Gasteiger partial charge in [0, 0.05) is 5.56 Å². The Morgan fingerprint density at radius 3 is 1.75 bits per heavy atom. The monoisotopic (exact) mass is 274 g/mol. The summed E-state index contributed by atoms with van der Waals surface area (Å²) in [6, 6.07) is 19.3. The molecule has 0 amide bonds. The zero-order valence-corrected chi connectivity index (χ0v) is 13.2. The summed E-state index contributed by atoms with van der Waals surface area (Å²) in [7, 11) is -1.38. The van der Waals surface area contributed by atoms with E-state index in [1.54, 1.807) is 0 Å². The molecule has 98 valence electrons. The lowest BCUT2D eigenvalue weighted by Gasteiger charge is -2.08. The molecule has 0 radical (unpaired) electrons. The number of fused-ring (bicyclic) bond motifs is 2. The highest BCUT2D eigenvalue weighted by Crippen LogP contribution is 2.27. The number of hydrogen-bond donors (Lipinski definition) is 0. The standard InChI is InChI=1S/C19H18Si/c1-20(2,3)13-12-19-17-10-6-4-8-15(17)14-16-9-5-7-11-18(16)19/h4-11,14H,1-3H3. The summed E-state index contributed by atoms with van der Waals surface area (Å²) < 4.78 is 0.